The van der Waals surface area contributed by atoms with Crippen LogP contribution in [-0.4, -0.2) is 17.1 Å². The number of aryl methyl sites for hydroxylation is 3. The minimum atomic E-state index is 0.411. The first-order valence-corrected chi connectivity index (χ1v) is 5.98. The smallest absolute Gasteiger partial charge is 0.131 e. The number of nitrogens with one attached hydrogen (secondary N) is 1. The van der Waals surface area contributed by atoms with Gasteiger partial charge < -0.3 is 15.5 Å². The Morgan fingerprint density at radius 2 is 2.00 bits per heavy atom. The van der Waals surface area contributed by atoms with Crippen LogP contribution < -0.4 is 10.5 Å². The van der Waals surface area contributed by atoms with Gasteiger partial charge in [-0.3, -0.25) is 0 Å². The van der Waals surface area contributed by atoms with Crippen LogP contribution in [0.4, 0.5) is 0 Å². The van der Waals surface area contributed by atoms with Gasteiger partial charge >= 0.3 is 0 Å². The van der Waals surface area contributed by atoms with Crippen LogP contribution in [0.25, 0.3) is 11.3 Å². The van der Waals surface area contributed by atoms with Crippen molar-refractivity contribution in [1.29, 1.82) is 0 Å². The molecule has 0 bridgehead atoms. The van der Waals surface area contributed by atoms with Gasteiger partial charge in [0.1, 0.15) is 11.6 Å². The van der Waals surface area contributed by atoms with Crippen molar-refractivity contribution in [1.82, 2.24) is 9.97 Å². The Morgan fingerprint density at radius 3 is 2.56 bits per heavy atom. The number of aromatic amines is 1. The number of benzene rings is 1. The van der Waals surface area contributed by atoms with Crippen LogP contribution in [0.2, 0.25) is 0 Å². The van der Waals surface area contributed by atoms with Gasteiger partial charge in [-0.05, 0) is 38.0 Å². The van der Waals surface area contributed by atoms with Crippen molar-refractivity contribution in [3.05, 3.63) is 34.8 Å². The third kappa shape index (κ3) is 2.11. The van der Waals surface area contributed by atoms with E-state index in [1.54, 1.807) is 7.11 Å². The van der Waals surface area contributed by atoms with E-state index in [1.165, 1.54) is 5.56 Å². The number of ether oxygens (including phenoxy) is 1. The van der Waals surface area contributed by atoms with E-state index >= 15 is 0 Å². The summed E-state index contributed by atoms with van der Waals surface area (Å²) >= 11 is 0. The van der Waals surface area contributed by atoms with E-state index in [0.717, 1.165) is 34.1 Å². The lowest BCUT2D eigenvalue weighted by Gasteiger charge is -2.11. The van der Waals surface area contributed by atoms with Gasteiger partial charge in [0.05, 0.1) is 19.3 Å². The maximum Gasteiger partial charge on any atom is 0.131 e. The standard InChI is InChI=1S/C14H19N3O/c1-8-5-9(2)14(18-4)11(6-8)13-10(3)16-12(7-15)17-13/h5-6H,7,15H2,1-4H3,(H,16,17). The predicted octanol–water partition coefficient (Wildman–Crippen LogP) is 2.47. The Balaban J connectivity index is 2.65. The Hall–Kier alpha value is -1.81. The fourth-order valence-electron chi connectivity index (χ4n) is 2.28. The number of rotatable bonds is 3. The van der Waals surface area contributed by atoms with Crippen molar-refractivity contribution in [2.24, 2.45) is 5.73 Å². The Morgan fingerprint density at radius 1 is 1.28 bits per heavy atom. The molecule has 4 nitrogen and oxygen atoms in total. The molecular weight excluding hydrogens is 226 g/mol. The molecule has 1 aromatic heterocycles. The fourth-order valence-corrected chi connectivity index (χ4v) is 2.28. The average Bonchev–Trinajstić information content (AvgIpc) is 2.69. The van der Waals surface area contributed by atoms with Gasteiger partial charge in [0, 0.05) is 11.3 Å². The first-order valence-electron chi connectivity index (χ1n) is 5.98. The first-order chi connectivity index (χ1) is 8.56. The summed E-state index contributed by atoms with van der Waals surface area (Å²) in [6.07, 6.45) is 0. The van der Waals surface area contributed by atoms with E-state index < -0.39 is 0 Å². The maximum atomic E-state index is 5.62. The SMILES string of the molecule is COc1c(C)cc(C)cc1-c1nc(CN)[nH]c1C. The third-order valence-electron chi connectivity index (χ3n) is 3.01. The van der Waals surface area contributed by atoms with Gasteiger partial charge in [-0.2, -0.15) is 0 Å². The van der Waals surface area contributed by atoms with Gasteiger partial charge in [0.15, 0.2) is 0 Å². The topological polar surface area (TPSA) is 63.9 Å². The lowest BCUT2D eigenvalue weighted by molar-refractivity contribution is 0.413. The van der Waals surface area contributed by atoms with Crippen LogP contribution in [-0.2, 0) is 6.54 Å². The summed E-state index contributed by atoms with van der Waals surface area (Å²) in [7, 11) is 1.69. The molecule has 0 fully saturated rings. The van der Waals surface area contributed by atoms with Crippen molar-refractivity contribution in [3.63, 3.8) is 0 Å². The van der Waals surface area contributed by atoms with Crippen molar-refractivity contribution in [2.75, 3.05) is 7.11 Å². The second kappa shape index (κ2) is 4.82. The molecular formula is C14H19N3O. The summed E-state index contributed by atoms with van der Waals surface area (Å²) < 4.78 is 5.50. The summed E-state index contributed by atoms with van der Waals surface area (Å²) in [6, 6.07) is 4.20. The molecule has 3 N–H and O–H groups in total. The zero-order valence-electron chi connectivity index (χ0n) is 11.3. The van der Waals surface area contributed by atoms with Crippen molar-refractivity contribution >= 4 is 0 Å². The van der Waals surface area contributed by atoms with Crippen molar-refractivity contribution in [3.8, 4) is 17.0 Å². The van der Waals surface area contributed by atoms with Crippen LogP contribution in [0.3, 0.4) is 0 Å². The molecule has 0 unspecified atom stereocenters. The molecule has 0 atom stereocenters. The molecule has 0 aliphatic carbocycles. The highest BCUT2D eigenvalue weighted by Crippen LogP contribution is 2.34. The number of imidazole rings is 1. The van der Waals surface area contributed by atoms with Crippen molar-refractivity contribution in [2.45, 2.75) is 27.3 Å². The summed E-state index contributed by atoms with van der Waals surface area (Å²) in [4.78, 5) is 7.72. The van der Waals surface area contributed by atoms with Crippen LogP contribution in [0.5, 0.6) is 5.75 Å². The number of aromatic nitrogens is 2. The minimum absolute atomic E-state index is 0.411. The molecule has 1 aromatic carbocycles. The van der Waals surface area contributed by atoms with E-state index in [2.05, 4.69) is 29.0 Å². The molecule has 0 amide bonds. The van der Waals surface area contributed by atoms with Gasteiger partial charge in [-0.15, -0.1) is 0 Å². The zero-order valence-corrected chi connectivity index (χ0v) is 11.3. The molecule has 0 aliphatic rings. The third-order valence-corrected chi connectivity index (χ3v) is 3.01. The summed E-state index contributed by atoms with van der Waals surface area (Å²) in [6.45, 7) is 6.52. The Labute approximate surface area is 107 Å². The van der Waals surface area contributed by atoms with E-state index in [4.69, 9.17) is 10.5 Å². The first kappa shape index (κ1) is 12.6. The summed E-state index contributed by atoms with van der Waals surface area (Å²) in [5.41, 5.74) is 10.9. The van der Waals surface area contributed by atoms with E-state index in [1.807, 2.05) is 13.8 Å². The highest BCUT2D eigenvalue weighted by Gasteiger charge is 2.15. The van der Waals surface area contributed by atoms with Gasteiger partial charge in [0.25, 0.3) is 0 Å². The molecule has 0 aliphatic heterocycles. The molecule has 1 heterocycles. The molecule has 0 spiro atoms. The second-order valence-electron chi connectivity index (χ2n) is 4.52. The molecule has 2 rings (SSSR count). The lowest BCUT2D eigenvalue weighted by atomic mass is 10.0. The number of nitrogens with zero attached hydrogens (tertiary/aromatic N) is 1. The molecule has 2 aromatic rings. The van der Waals surface area contributed by atoms with Gasteiger partial charge in [-0.1, -0.05) is 6.07 Å². The molecule has 0 saturated heterocycles. The molecule has 4 heteroatoms. The number of hydrogen-bond acceptors (Lipinski definition) is 3. The molecule has 0 radical (unpaired) electrons. The normalized spacial score (nSPS) is 10.7. The highest BCUT2D eigenvalue weighted by atomic mass is 16.5. The maximum absolute atomic E-state index is 5.62. The van der Waals surface area contributed by atoms with Gasteiger partial charge in [-0.25, -0.2) is 4.98 Å². The molecule has 18 heavy (non-hydrogen) atoms. The van der Waals surface area contributed by atoms with E-state index in [-0.39, 0.29) is 0 Å². The number of H-pyrrole nitrogens is 1. The van der Waals surface area contributed by atoms with E-state index in [9.17, 15) is 0 Å². The van der Waals surface area contributed by atoms with Crippen LogP contribution in [0.1, 0.15) is 22.6 Å². The molecule has 96 valence electrons. The number of nitrogens with two attached hydrogens (primary N) is 1. The second-order valence-corrected chi connectivity index (χ2v) is 4.52. The average molecular weight is 245 g/mol. The van der Waals surface area contributed by atoms with Crippen molar-refractivity contribution < 1.29 is 4.74 Å². The fraction of sp³-hybridized carbons (Fsp3) is 0.357. The monoisotopic (exact) mass is 245 g/mol. The largest absolute Gasteiger partial charge is 0.496 e. The number of hydrogen-bond donors (Lipinski definition) is 2. The summed E-state index contributed by atoms with van der Waals surface area (Å²) in [5.74, 6) is 1.67. The quantitative estimate of drug-likeness (QED) is 0.873. The Bertz CT molecular complexity index is 573. The zero-order chi connectivity index (χ0) is 13.3. The van der Waals surface area contributed by atoms with E-state index in [0.29, 0.717) is 6.54 Å². The summed E-state index contributed by atoms with van der Waals surface area (Å²) in [5, 5.41) is 0. The van der Waals surface area contributed by atoms with Crippen LogP contribution >= 0.6 is 0 Å². The number of methoxy groups -OCH3 is 1. The highest BCUT2D eigenvalue weighted by molar-refractivity contribution is 5.72. The lowest BCUT2D eigenvalue weighted by Crippen LogP contribution is -1.98. The minimum Gasteiger partial charge on any atom is -0.496 e. The Kier molecular flexibility index (Phi) is 3.39. The van der Waals surface area contributed by atoms with Crippen LogP contribution in [0.15, 0.2) is 12.1 Å². The van der Waals surface area contributed by atoms with Gasteiger partial charge in [0.2, 0.25) is 0 Å². The predicted molar refractivity (Wildman–Crippen MR) is 72.7 cm³/mol. The van der Waals surface area contributed by atoms with Crippen LogP contribution in [0, 0.1) is 20.8 Å². The molecule has 0 saturated carbocycles.